The smallest absolute Gasteiger partial charge is 0.0460 e. The van der Waals surface area contributed by atoms with Gasteiger partial charge in [0.25, 0.3) is 0 Å². The van der Waals surface area contributed by atoms with Gasteiger partial charge >= 0.3 is 0 Å². The molecule has 0 unspecified atom stereocenters. The summed E-state index contributed by atoms with van der Waals surface area (Å²) in [6, 6.07) is 21.3. The number of hydrogen-bond donors (Lipinski definition) is 1. The minimum atomic E-state index is -1.89. The van der Waals surface area contributed by atoms with Gasteiger partial charge in [0.05, 0.1) is 0 Å². The average Bonchev–Trinajstić information content (AvgIpc) is 2.47. The lowest BCUT2D eigenvalue weighted by Gasteiger charge is -2.38. The summed E-state index contributed by atoms with van der Waals surface area (Å²) in [5.74, 6) is 0. The average molecular weight is 317 g/mol. The molecule has 0 radical (unpaired) electrons. The van der Waals surface area contributed by atoms with E-state index in [9.17, 15) is 0 Å². The second kappa shape index (κ2) is 6.44. The Bertz CT molecular complexity index is 617. The highest BCUT2D eigenvalue weighted by Crippen LogP contribution is 2.54. The van der Waals surface area contributed by atoms with Crippen LogP contribution in [0.1, 0.15) is 39.3 Å². The van der Waals surface area contributed by atoms with Crippen molar-refractivity contribution in [3.8, 4) is 0 Å². The summed E-state index contributed by atoms with van der Waals surface area (Å²) >= 11 is 6.18. The summed E-state index contributed by atoms with van der Waals surface area (Å²) in [7, 11) is 0. The molecule has 2 rings (SSSR count). The summed E-state index contributed by atoms with van der Waals surface area (Å²) in [6.07, 6.45) is -1.89. The number of hydrogen-bond acceptors (Lipinski definition) is 1. The molecule has 112 valence electrons. The first-order chi connectivity index (χ1) is 9.84. The van der Waals surface area contributed by atoms with E-state index < -0.39 is 6.19 Å². The van der Waals surface area contributed by atoms with E-state index in [0.29, 0.717) is 0 Å². The van der Waals surface area contributed by atoms with E-state index in [1.807, 2.05) is 12.1 Å². The van der Waals surface area contributed by atoms with Crippen molar-refractivity contribution in [3.63, 3.8) is 0 Å². The molecule has 0 aromatic heterocycles. The Kier molecular flexibility index (Phi) is 5.03. The molecule has 0 bridgehead atoms. The van der Waals surface area contributed by atoms with Gasteiger partial charge in [0.15, 0.2) is 0 Å². The van der Waals surface area contributed by atoms with Gasteiger partial charge in [0, 0.05) is 17.4 Å². The first-order valence-electron chi connectivity index (χ1n) is 7.33. The van der Waals surface area contributed by atoms with Crippen LogP contribution in [0.25, 0.3) is 0 Å². The van der Waals surface area contributed by atoms with Crippen LogP contribution in [0.5, 0.6) is 0 Å². The van der Waals surface area contributed by atoms with E-state index >= 15 is 0 Å². The normalized spacial score (nSPS) is 16.2. The molecule has 2 atom stereocenters. The van der Waals surface area contributed by atoms with E-state index in [1.165, 1.54) is 10.9 Å². The monoisotopic (exact) mass is 317 g/mol. The molecule has 0 saturated heterocycles. The topological polar surface area (TPSA) is 12.0 Å². The first kappa shape index (κ1) is 16.4. The molecule has 0 spiro atoms. The second-order valence-corrected chi connectivity index (χ2v) is 11.4. The molecule has 0 amide bonds. The van der Waals surface area contributed by atoms with Crippen molar-refractivity contribution in [2.75, 3.05) is 0 Å². The molecule has 0 aliphatic carbocycles. The van der Waals surface area contributed by atoms with Crippen LogP contribution in [-0.4, -0.2) is 5.16 Å². The third-order valence-electron chi connectivity index (χ3n) is 3.74. The predicted molar refractivity (Wildman–Crippen MR) is 98.1 cm³/mol. The van der Waals surface area contributed by atoms with Crippen molar-refractivity contribution in [1.82, 2.24) is 5.09 Å². The summed E-state index contributed by atoms with van der Waals surface area (Å²) in [6.45, 7) is 8.92. The fraction of sp³-hybridized carbons (Fsp3) is 0.333. The molecule has 1 N–H and O–H groups in total. The van der Waals surface area contributed by atoms with Crippen LogP contribution < -0.4 is 10.4 Å². The van der Waals surface area contributed by atoms with Crippen molar-refractivity contribution in [2.24, 2.45) is 0 Å². The van der Waals surface area contributed by atoms with Crippen LogP contribution in [0.15, 0.2) is 60.7 Å². The van der Waals surface area contributed by atoms with Crippen molar-refractivity contribution in [1.29, 1.82) is 0 Å². The molecule has 21 heavy (non-hydrogen) atoms. The summed E-state index contributed by atoms with van der Waals surface area (Å²) in [5, 5.41) is 5.09. The van der Waals surface area contributed by atoms with E-state index in [2.05, 4.69) is 81.3 Å². The summed E-state index contributed by atoms with van der Waals surface area (Å²) in [4.78, 5) is 0. The van der Waals surface area contributed by atoms with E-state index in [0.717, 1.165) is 0 Å². The molecule has 1 nitrogen and oxygen atoms in total. The molecule has 0 heterocycles. The lowest BCUT2D eigenvalue weighted by molar-refractivity contribution is 0.703. The molecule has 3 heteroatoms. The van der Waals surface area contributed by atoms with Crippen LogP contribution in [0.4, 0.5) is 0 Å². The van der Waals surface area contributed by atoms with Crippen molar-refractivity contribution < 1.29 is 0 Å². The Morgan fingerprint density at radius 3 is 1.86 bits per heavy atom. The Hall–Kier alpha value is -0.950. The third kappa shape index (κ3) is 3.63. The first-order valence-corrected chi connectivity index (χ1v) is 10.1. The lowest BCUT2D eigenvalue weighted by atomic mass is 10.1. The minimum absolute atomic E-state index is 0.0345. The molecule has 2 aromatic carbocycles. The minimum Gasteiger partial charge on any atom is -0.278 e. The number of rotatable bonds is 4. The van der Waals surface area contributed by atoms with Gasteiger partial charge in [-0.3, -0.25) is 5.09 Å². The fourth-order valence-corrected chi connectivity index (χ4v) is 5.82. The van der Waals surface area contributed by atoms with E-state index in [-0.39, 0.29) is 11.2 Å². The highest BCUT2D eigenvalue weighted by molar-refractivity contribution is 8.18. The zero-order chi connectivity index (χ0) is 15.5. The molecule has 0 aliphatic rings. The maximum absolute atomic E-state index is 6.18. The quantitative estimate of drug-likeness (QED) is 0.809. The zero-order valence-corrected chi connectivity index (χ0v) is 14.9. The van der Waals surface area contributed by atoms with Gasteiger partial charge in [-0.1, -0.05) is 93.2 Å². The Balaban J connectivity index is 2.37. The van der Waals surface area contributed by atoms with Crippen LogP contribution in [0.2, 0.25) is 0 Å². The Morgan fingerprint density at radius 2 is 1.38 bits per heavy atom. The van der Waals surface area contributed by atoms with Crippen molar-refractivity contribution in [3.05, 3.63) is 66.2 Å². The van der Waals surface area contributed by atoms with Crippen molar-refractivity contribution in [2.45, 2.75) is 38.9 Å². The molecule has 0 aliphatic heterocycles. The second-order valence-electron chi connectivity index (χ2n) is 6.38. The van der Waals surface area contributed by atoms with Gasteiger partial charge in [-0.2, -0.15) is 0 Å². The molecule has 0 saturated carbocycles. The molecular formula is C18H24NPS. The van der Waals surface area contributed by atoms with Crippen LogP contribution in [0, 0.1) is 0 Å². The van der Waals surface area contributed by atoms with Crippen LogP contribution in [-0.2, 0) is 11.8 Å². The third-order valence-corrected chi connectivity index (χ3v) is 10.00. The van der Waals surface area contributed by atoms with Crippen LogP contribution >= 0.6 is 6.19 Å². The van der Waals surface area contributed by atoms with Gasteiger partial charge in [-0.15, -0.1) is 0 Å². The maximum Gasteiger partial charge on any atom is 0.0460 e. The highest BCUT2D eigenvalue weighted by atomic mass is 32.4. The Labute approximate surface area is 133 Å². The van der Waals surface area contributed by atoms with Gasteiger partial charge in [-0.05, 0) is 17.8 Å². The molecule has 0 fully saturated rings. The summed E-state index contributed by atoms with van der Waals surface area (Å²) in [5.41, 5.74) is 1.28. The highest BCUT2D eigenvalue weighted by Gasteiger charge is 2.34. The van der Waals surface area contributed by atoms with Gasteiger partial charge in [-0.25, -0.2) is 0 Å². The fourth-order valence-electron chi connectivity index (χ4n) is 2.38. The largest absolute Gasteiger partial charge is 0.278 e. The molecular weight excluding hydrogens is 293 g/mol. The zero-order valence-electron chi connectivity index (χ0n) is 13.2. The van der Waals surface area contributed by atoms with E-state index in [1.54, 1.807) is 0 Å². The standard InChI is InChI=1S/C18H24NPS/c1-15(16-11-7-5-8-12-16)19-20(21,18(2,3)4)17-13-9-6-10-14-17/h5-15H,1-4H3,(H,19,21)/t15-,20-/m1/s1. The van der Waals surface area contributed by atoms with Gasteiger partial charge in [0.1, 0.15) is 0 Å². The predicted octanol–water partition coefficient (Wildman–Crippen LogP) is 4.86. The van der Waals surface area contributed by atoms with Crippen LogP contribution in [0.3, 0.4) is 0 Å². The molecule has 2 aromatic rings. The number of nitrogens with one attached hydrogen (secondary N) is 1. The SMILES string of the molecule is C[C@@H](N[P@@](=S)(c1ccccc1)C(C)(C)C)c1ccccc1. The van der Waals surface area contributed by atoms with E-state index in [4.69, 9.17) is 11.8 Å². The summed E-state index contributed by atoms with van der Waals surface area (Å²) < 4.78 is 0. The lowest BCUT2D eigenvalue weighted by Crippen LogP contribution is -2.33. The number of benzene rings is 2. The Morgan fingerprint density at radius 1 is 0.905 bits per heavy atom. The maximum atomic E-state index is 6.18. The van der Waals surface area contributed by atoms with Gasteiger partial charge in [0.2, 0.25) is 0 Å². The van der Waals surface area contributed by atoms with Gasteiger partial charge < -0.3 is 0 Å². The van der Waals surface area contributed by atoms with Crippen molar-refractivity contribution >= 4 is 23.3 Å².